The molecule has 0 atom stereocenters. The van der Waals surface area contributed by atoms with Crippen LogP contribution in [-0.2, 0) is 6.54 Å². The van der Waals surface area contributed by atoms with Gasteiger partial charge >= 0.3 is 0 Å². The summed E-state index contributed by atoms with van der Waals surface area (Å²) in [6, 6.07) is 20.8. The first-order valence-corrected chi connectivity index (χ1v) is 9.36. The molecule has 0 aliphatic heterocycles. The smallest absolute Gasteiger partial charge is 0.271 e. The SMILES string of the molecule is O=C(NCc1cccnc1)c1cnc(Nc2ccccc2Oc2ccccc2)cn1. The molecule has 0 saturated heterocycles. The third-order valence-corrected chi connectivity index (χ3v) is 4.18. The van der Waals surface area contributed by atoms with Crippen LogP contribution in [0.3, 0.4) is 0 Å². The van der Waals surface area contributed by atoms with Gasteiger partial charge in [-0.25, -0.2) is 9.97 Å². The van der Waals surface area contributed by atoms with Gasteiger partial charge in [0.05, 0.1) is 18.1 Å². The average molecular weight is 397 g/mol. The number of hydrogen-bond donors (Lipinski definition) is 2. The zero-order valence-electron chi connectivity index (χ0n) is 16.0. The molecular formula is C23H19N5O2. The Morgan fingerprint density at radius 2 is 1.70 bits per heavy atom. The second-order valence-corrected chi connectivity index (χ2v) is 6.37. The van der Waals surface area contributed by atoms with Gasteiger partial charge in [0, 0.05) is 18.9 Å². The van der Waals surface area contributed by atoms with Crippen molar-refractivity contribution in [2.75, 3.05) is 5.32 Å². The molecule has 1 amide bonds. The van der Waals surface area contributed by atoms with Crippen LogP contribution in [-0.4, -0.2) is 20.9 Å². The zero-order chi connectivity index (χ0) is 20.6. The Kier molecular flexibility index (Phi) is 5.91. The maximum atomic E-state index is 12.3. The highest BCUT2D eigenvalue weighted by Gasteiger charge is 2.10. The lowest BCUT2D eigenvalue weighted by Crippen LogP contribution is -2.24. The summed E-state index contributed by atoms with van der Waals surface area (Å²) in [6.45, 7) is 0.374. The van der Waals surface area contributed by atoms with Crippen molar-refractivity contribution in [3.05, 3.63) is 103 Å². The monoisotopic (exact) mass is 397 g/mol. The Morgan fingerprint density at radius 1 is 0.867 bits per heavy atom. The van der Waals surface area contributed by atoms with Crippen molar-refractivity contribution in [3.63, 3.8) is 0 Å². The van der Waals surface area contributed by atoms with E-state index in [4.69, 9.17) is 4.74 Å². The fourth-order valence-corrected chi connectivity index (χ4v) is 2.70. The third-order valence-electron chi connectivity index (χ3n) is 4.18. The highest BCUT2D eigenvalue weighted by atomic mass is 16.5. The van der Waals surface area contributed by atoms with Gasteiger partial charge in [0.15, 0.2) is 5.75 Å². The van der Waals surface area contributed by atoms with Crippen LogP contribution in [0.4, 0.5) is 11.5 Å². The maximum absolute atomic E-state index is 12.3. The zero-order valence-corrected chi connectivity index (χ0v) is 16.0. The summed E-state index contributed by atoms with van der Waals surface area (Å²) in [5.74, 6) is 1.59. The quantitative estimate of drug-likeness (QED) is 0.482. The van der Waals surface area contributed by atoms with E-state index in [0.717, 1.165) is 17.0 Å². The second kappa shape index (κ2) is 9.29. The molecule has 4 aromatic rings. The number of amides is 1. The molecule has 0 spiro atoms. The van der Waals surface area contributed by atoms with E-state index in [2.05, 4.69) is 25.6 Å². The van der Waals surface area contributed by atoms with Crippen LogP contribution >= 0.6 is 0 Å². The molecule has 2 aromatic carbocycles. The van der Waals surface area contributed by atoms with Gasteiger partial charge in [-0.05, 0) is 35.9 Å². The number of nitrogens with zero attached hydrogens (tertiary/aromatic N) is 3. The molecule has 4 rings (SSSR count). The minimum atomic E-state index is -0.300. The molecule has 0 fully saturated rings. The molecule has 0 saturated carbocycles. The van der Waals surface area contributed by atoms with E-state index in [1.54, 1.807) is 12.4 Å². The summed E-state index contributed by atoms with van der Waals surface area (Å²) in [6.07, 6.45) is 6.33. The molecule has 2 heterocycles. The Balaban J connectivity index is 1.41. The van der Waals surface area contributed by atoms with Gasteiger partial charge in [0.25, 0.3) is 5.91 Å². The van der Waals surface area contributed by atoms with Gasteiger partial charge in [-0.1, -0.05) is 36.4 Å². The minimum absolute atomic E-state index is 0.235. The van der Waals surface area contributed by atoms with Crippen LogP contribution in [0.15, 0.2) is 91.5 Å². The number of pyridine rings is 1. The Morgan fingerprint density at radius 3 is 2.47 bits per heavy atom. The Bertz CT molecular complexity index is 1100. The number of carbonyl (C=O) groups excluding carboxylic acids is 1. The molecule has 0 aliphatic rings. The van der Waals surface area contributed by atoms with Gasteiger partial charge in [0.2, 0.25) is 0 Å². The maximum Gasteiger partial charge on any atom is 0.271 e. The number of nitrogens with one attached hydrogen (secondary N) is 2. The van der Waals surface area contributed by atoms with Crippen LogP contribution in [0.2, 0.25) is 0 Å². The lowest BCUT2D eigenvalue weighted by atomic mass is 10.3. The van der Waals surface area contributed by atoms with Crippen molar-refractivity contribution < 1.29 is 9.53 Å². The van der Waals surface area contributed by atoms with E-state index in [-0.39, 0.29) is 11.6 Å². The standard InChI is InChI=1S/C23H19N5O2/c29-23(27-14-17-7-6-12-24-13-17)20-15-26-22(16-25-20)28-19-10-4-5-11-21(19)30-18-8-2-1-3-9-18/h1-13,15-16H,14H2,(H,26,28)(H,27,29). The van der Waals surface area contributed by atoms with Gasteiger partial charge in [0.1, 0.15) is 17.3 Å². The normalized spacial score (nSPS) is 10.3. The van der Waals surface area contributed by atoms with E-state index >= 15 is 0 Å². The second-order valence-electron chi connectivity index (χ2n) is 6.37. The molecule has 7 heteroatoms. The van der Waals surface area contributed by atoms with Gasteiger partial charge < -0.3 is 15.4 Å². The fourth-order valence-electron chi connectivity index (χ4n) is 2.70. The van der Waals surface area contributed by atoms with Crippen LogP contribution in [0.5, 0.6) is 11.5 Å². The van der Waals surface area contributed by atoms with Gasteiger partial charge in [-0.2, -0.15) is 0 Å². The lowest BCUT2D eigenvalue weighted by molar-refractivity contribution is 0.0945. The first-order chi connectivity index (χ1) is 14.8. The molecular weight excluding hydrogens is 378 g/mol. The molecule has 0 aliphatic carbocycles. The van der Waals surface area contributed by atoms with Crippen molar-refractivity contribution >= 4 is 17.4 Å². The van der Waals surface area contributed by atoms with Gasteiger partial charge in [-0.3, -0.25) is 9.78 Å². The number of aromatic nitrogens is 3. The van der Waals surface area contributed by atoms with Crippen molar-refractivity contribution in [3.8, 4) is 11.5 Å². The molecule has 2 aromatic heterocycles. The number of hydrogen-bond acceptors (Lipinski definition) is 6. The number of rotatable bonds is 7. The van der Waals surface area contributed by atoms with E-state index in [9.17, 15) is 4.79 Å². The fraction of sp³-hybridized carbons (Fsp3) is 0.0435. The number of benzene rings is 2. The molecule has 0 unspecified atom stereocenters. The summed E-state index contributed by atoms with van der Waals surface area (Å²) < 4.78 is 5.94. The largest absolute Gasteiger partial charge is 0.455 e. The summed E-state index contributed by atoms with van der Waals surface area (Å²) in [5.41, 5.74) is 1.88. The van der Waals surface area contributed by atoms with E-state index in [1.165, 1.54) is 12.4 Å². The van der Waals surface area contributed by atoms with Crippen LogP contribution in [0.25, 0.3) is 0 Å². The highest BCUT2D eigenvalue weighted by Crippen LogP contribution is 2.30. The number of para-hydroxylation sites is 3. The Hall–Kier alpha value is -4.26. The molecule has 30 heavy (non-hydrogen) atoms. The van der Waals surface area contributed by atoms with Crippen LogP contribution < -0.4 is 15.4 Å². The number of ether oxygens (including phenoxy) is 1. The topological polar surface area (TPSA) is 89.0 Å². The number of carbonyl (C=O) groups is 1. The summed E-state index contributed by atoms with van der Waals surface area (Å²) in [7, 11) is 0. The van der Waals surface area contributed by atoms with Crippen molar-refractivity contribution in [1.29, 1.82) is 0 Å². The lowest BCUT2D eigenvalue weighted by Gasteiger charge is -2.12. The first kappa shape index (κ1) is 19.1. The van der Waals surface area contributed by atoms with E-state index < -0.39 is 0 Å². The predicted octanol–water partition coefficient (Wildman–Crippen LogP) is 4.34. The highest BCUT2D eigenvalue weighted by molar-refractivity contribution is 5.92. The van der Waals surface area contributed by atoms with Gasteiger partial charge in [-0.15, -0.1) is 0 Å². The molecule has 0 bridgehead atoms. The number of anilines is 2. The molecule has 148 valence electrons. The minimum Gasteiger partial charge on any atom is -0.455 e. The van der Waals surface area contributed by atoms with Crippen molar-refractivity contribution in [1.82, 2.24) is 20.3 Å². The average Bonchev–Trinajstić information content (AvgIpc) is 2.81. The predicted molar refractivity (Wildman–Crippen MR) is 114 cm³/mol. The summed E-state index contributed by atoms with van der Waals surface area (Å²) in [4.78, 5) is 24.8. The Labute approximate surface area is 173 Å². The molecule has 0 radical (unpaired) electrons. The van der Waals surface area contributed by atoms with E-state index in [0.29, 0.717) is 18.1 Å². The van der Waals surface area contributed by atoms with Crippen molar-refractivity contribution in [2.45, 2.75) is 6.54 Å². The van der Waals surface area contributed by atoms with Crippen molar-refractivity contribution in [2.24, 2.45) is 0 Å². The third kappa shape index (κ3) is 4.96. The summed E-state index contributed by atoms with van der Waals surface area (Å²) in [5, 5.41) is 5.98. The van der Waals surface area contributed by atoms with Crippen LogP contribution in [0.1, 0.15) is 16.1 Å². The van der Waals surface area contributed by atoms with Crippen LogP contribution in [0, 0.1) is 0 Å². The molecule has 2 N–H and O–H groups in total. The molecule has 7 nitrogen and oxygen atoms in total. The van der Waals surface area contributed by atoms with E-state index in [1.807, 2.05) is 66.7 Å². The summed E-state index contributed by atoms with van der Waals surface area (Å²) >= 11 is 0. The first-order valence-electron chi connectivity index (χ1n) is 9.36.